The quantitative estimate of drug-likeness (QED) is 0.526. The molecular weight excluding hydrogens is 196 g/mol. The van der Waals surface area contributed by atoms with Crippen molar-refractivity contribution in [3.63, 3.8) is 0 Å². The molecule has 0 aliphatic carbocycles. The molecule has 78 valence electrons. The number of amidine groups is 1. The predicted octanol–water partition coefficient (Wildman–Crippen LogP) is -0.389. The monoisotopic (exact) mass is 206 g/mol. The standard InChI is InChI=1S/C8H10N6O/c1-15-8-12-4-7-11-3-5(2-6(9)10)14(7)13-8/h3-4H,2H2,1H3,(H3,9,10). The van der Waals surface area contributed by atoms with Gasteiger partial charge in [-0.15, -0.1) is 5.10 Å². The molecule has 0 atom stereocenters. The van der Waals surface area contributed by atoms with Crippen molar-refractivity contribution in [3.8, 4) is 6.01 Å². The van der Waals surface area contributed by atoms with Gasteiger partial charge in [0.25, 0.3) is 0 Å². The fraction of sp³-hybridized carbons (Fsp3) is 0.250. The second kappa shape index (κ2) is 3.52. The van der Waals surface area contributed by atoms with E-state index in [1.54, 1.807) is 16.9 Å². The Labute approximate surface area is 85.4 Å². The Kier molecular flexibility index (Phi) is 2.20. The normalized spacial score (nSPS) is 10.5. The number of nitrogens with two attached hydrogens (primary N) is 1. The highest BCUT2D eigenvalue weighted by molar-refractivity contribution is 5.79. The van der Waals surface area contributed by atoms with Gasteiger partial charge in [0, 0.05) is 6.42 Å². The molecule has 0 aliphatic rings. The number of nitrogens with zero attached hydrogens (tertiary/aromatic N) is 4. The van der Waals surface area contributed by atoms with Gasteiger partial charge in [-0.25, -0.2) is 9.50 Å². The van der Waals surface area contributed by atoms with E-state index in [0.717, 1.165) is 5.69 Å². The highest BCUT2D eigenvalue weighted by Gasteiger charge is 2.07. The molecule has 7 heteroatoms. The van der Waals surface area contributed by atoms with Crippen LogP contribution in [0.3, 0.4) is 0 Å². The highest BCUT2D eigenvalue weighted by Crippen LogP contribution is 2.07. The maximum Gasteiger partial charge on any atom is 0.334 e. The Bertz CT molecular complexity index is 505. The van der Waals surface area contributed by atoms with E-state index >= 15 is 0 Å². The molecule has 2 aromatic rings. The molecular formula is C8H10N6O. The van der Waals surface area contributed by atoms with Gasteiger partial charge in [-0.05, 0) is 0 Å². The Morgan fingerprint density at radius 1 is 1.53 bits per heavy atom. The number of rotatable bonds is 3. The summed E-state index contributed by atoms with van der Waals surface area (Å²) in [7, 11) is 1.49. The SMILES string of the molecule is COc1ncc2ncc(CC(=N)N)n2n1. The van der Waals surface area contributed by atoms with Gasteiger partial charge < -0.3 is 10.5 Å². The summed E-state index contributed by atoms with van der Waals surface area (Å²) in [5.74, 6) is 0.0642. The predicted molar refractivity (Wildman–Crippen MR) is 53.0 cm³/mol. The molecule has 0 bridgehead atoms. The fourth-order valence-corrected chi connectivity index (χ4v) is 1.23. The molecule has 0 saturated carbocycles. The zero-order valence-electron chi connectivity index (χ0n) is 8.14. The lowest BCUT2D eigenvalue weighted by Gasteiger charge is -2.00. The molecule has 0 aliphatic heterocycles. The summed E-state index contributed by atoms with van der Waals surface area (Å²) >= 11 is 0. The topological polar surface area (TPSA) is 102 Å². The van der Waals surface area contributed by atoms with Crippen LogP contribution in [0.25, 0.3) is 5.65 Å². The van der Waals surface area contributed by atoms with Crippen molar-refractivity contribution in [1.82, 2.24) is 19.6 Å². The Morgan fingerprint density at radius 3 is 3.00 bits per heavy atom. The van der Waals surface area contributed by atoms with Gasteiger partial charge in [0.05, 0.1) is 31.0 Å². The number of hydrogen-bond donors (Lipinski definition) is 2. The molecule has 3 N–H and O–H groups in total. The van der Waals surface area contributed by atoms with Crippen molar-refractivity contribution >= 4 is 11.5 Å². The third kappa shape index (κ3) is 1.71. The average Bonchev–Trinajstić information content (AvgIpc) is 2.60. The van der Waals surface area contributed by atoms with Crippen LogP contribution in [0.15, 0.2) is 12.4 Å². The zero-order chi connectivity index (χ0) is 10.8. The van der Waals surface area contributed by atoms with Crippen molar-refractivity contribution in [2.75, 3.05) is 7.11 Å². The van der Waals surface area contributed by atoms with Gasteiger partial charge in [0.2, 0.25) is 0 Å². The van der Waals surface area contributed by atoms with E-state index in [-0.39, 0.29) is 11.8 Å². The molecule has 2 heterocycles. The molecule has 0 radical (unpaired) electrons. The maximum atomic E-state index is 7.21. The van der Waals surface area contributed by atoms with Gasteiger partial charge in [0.1, 0.15) is 0 Å². The number of hydrogen-bond acceptors (Lipinski definition) is 5. The van der Waals surface area contributed by atoms with Crippen molar-refractivity contribution in [2.45, 2.75) is 6.42 Å². The molecule has 0 unspecified atom stereocenters. The van der Waals surface area contributed by atoms with Crippen molar-refractivity contribution < 1.29 is 4.74 Å². The van der Waals surface area contributed by atoms with Crippen molar-refractivity contribution in [1.29, 1.82) is 5.41 Å². The van der Waals surface area contributed by atoms with Gasteiger partial charge in [-0.1, -0.05) is 0 Å². The minimum absolute atomic E-state index is 0.0642. The van der Waals surface area contributed by atoms with Crippen LogP contribution < -0.4 is 10.5 Å². The summed E-state index contributed by atoms with van der Waals surface area (Å²) in [6.45, 7) is 0. The maximum absolute atomic E-state index is 7.21. The van der Waals surface area contributed by atoms with E-state index in [1.807, 2.05) is 0 Å². The van der Waals surface area contributed by atoms with Gasteiger partial charge in [-0.3, -0.25) is 5.41 Å². The molecule has 0 amide bonds. The van der Waals surface area contributed by atoms with E-state index in [2.05, 4.69) is 15.1 Å². The average molecular weight is 206 g/mol. The number of nitrogens with one attached hydrogen (secondary N) is 1. The molecule has 0 aromatic carbocycles. The van der Waals surface area contributed by atoms with E-state index in [1.165, 1.54) is 7.11 Å². The van der Waals surface area contributed by atoms with Crippen LogP contribution in [0.4, 0.5) is 0 Å². The van der Waals surface area contributed by atoms with Crippen LogP contribution in [0, 0.1) is 5.41 Å². The van der Waals surface area contributed by atoms with Gasteiger partial charge in [-0.2, -0.15) is 4.98 Å². The summed E-state index contributed by atoms with van der Waals surface area (Å²) in [5.41, 5.74) is 6.65. The lowest BCUT2D eigenvalue weighted by molar-refractivity contribution is 0.371. The van der Waals surface area contributed by atoms with Crippen LogP contribution in [0.1, 0.15) is 5.69 Å². The smallest absolute Gasteiger partial charge is 0.334 e. The lowest BCUT2D eigenvalue weighted by atomic mass is 10.3. The van der Waals surface area contributed by atoms with E-state index in [0.29, 0.717) is 12.1 Å². The van der Waals surface area contributed by atoms with Crippen LogP contribution in [-0.2, 0) is 6.42 Å². The first-order valence-corrected chi connectivity index (χ1v) is 4.27. The molecule has 2 aromatic heterocycles. The van der Waals surface area contributed by atoms with Gasteiger partial charge >= 0.3 is 6.01 Å². The number of fused-ring (bicyclic) bond motifs is 1. The first-order valence-electron chi connectivity index (χ1n) is 4.27. The first-order chi connectivity index (χ1) is 7.20. The molecule has 0 fully saturated rings. The fourth-order valence-electron chi connectivity index (χ4n) is 1.23. The lowest BCUT2D eigenvalue weighted by Crippen LogP contribution is -2.14. The first kappa shape index (κ1) is 9.38. The Hall–Kier alpha value is -2.18. The van der Waals surface area contributed by atoms with E-state index in [9.17, 15) is 0 Å². The van der Waals surface area contributed by atoms with Crippen LogP contribution in [-0.4, -0.2) is 32.5 Å². The molecule has 2 rings (SSSR count). The van der Waals surface area contributed by atoms with Crippen LogP contribution in [0.2, 0.25) is 0 Å². The highest BCUT2D eigenvalue weighted by atomic mass is 16.5. The second-order valence-corrected chi connectivity index (χ2v) is 2.97. The Morgan fingerprint density at radius 2 is 2.33 bits per heavy atom. The molecule has 15 heavy (non-hydrogen) atoms. The van der Waals surface area contributed by atoms with Crippen molar-refractivity contribution in [2.24, 2.45) is 5.73 Å². The summed E-state index contributed by atoms with van der Waals surface area (Å²) in [4.78, 5) is 7.99. The summed E-state index contributed by atoms with van der Waals surface area (Å²) in [5, 5.41) is 11.3. The van der Waals surface area contributed by atoms with Crippen LogP contribution in [0.5, 0.6) is 6.01 Å². The number of imidazole rings is 1. The number of aromatic nitrogens is 4. The largest absolute Gasteiger partial charge is 0.466 e. The molecule has 7 nitrogen and oxygen atoms in total. The van der Waals surface area contributed by atoms with E-state index < -0.39 is 0 Å². The van der Waals surface area contributed by atoms with E-state index in [4.69, 9.17) is 15.9 Å². The number of ether oxygens (including phenoxy) is 1. The van der Waals surface area contributed by atoms with Crippen LogP contribution >= 0.6 is 0 Å². The second-order valence-electron chi connectivity index (χ2n) is 2.97. The third-order valence-corrected chi connectivity index (χ3v) is 1.87. The third-order valence-electron chi connectivity index (χ3n) is 1.87. The van der Waals surface area contributed by atoms with Crippen molar-refractivity contribution in [3.05, 3.63) is 18.1 Å². The zero-order valence-corrected chi connectivity index (χ0v) is 8.14. The minimum Gasteiger partial charge on any atom is -0.466 e. The summed E-state index contributed by atoms with van der Waals surface area (Å²) in [6.07, 6.45) is 3.47. The summed E-state index contributed by atoms with van der Waals surface area (Å²) in [6, 6.07) is 0.255. The Balaban J connectivity index is 2.51. The van der Waals surface area contributed by atoms with Gasteiger partial charge in [0.15, 0.2) is 5.65 Å². The molecule has 0 saturated heterocycles. The number of methoxy groups -OCH3 is 1. The summed E-state index contributed by atoms with van der Waals surface area (Å²) < 4.78 is 6.46. The minimum atomic E-state index is 0.0642. The molecule has 0 spiro atoms.